The molecule has 0 heterocycles. The summed E-state index contributed by atoms with van der Waals surface area (Å²) < 4.78 is 0. The normalized spacial score (nSPS) is 21.9. The molecule has 0 amide bonds. The molecular weight excluding hydrogens is 615 g/mol. The van der Waals surface area contributed by atoms with Crippen molar-refractivity contribution in [2.24, 2.45) is 11.8 Å². The Morgan fingerprint density at radius 1 is 0.569 bits per heavy atom. The van der Waals surface area contributed by atoms with Crippen LogP contribution in [0, 0.1) is 11.8 Å². The van der Waals surface area contributed by atoms with Gasteiger partial charge in [0.1, 0.15) is 0 Å². The molecule has 0 aliphatic heterocycles. The maximum Gasteiger partial charge on any atom is 0.0502 e. The maximum atomic E-state index is 2.65. The van der Waals surface area contributed by atoms with E-state index in [1.165, 1.54) is 125 Å². The summed E-state index contributed by atoms with van der Waals surface area (Å²) in [5.74, 6) is 3.12. The summed E-state index contributed by atoms with van der Waals surface area (Å²) >= 11 is 0. The van der Waals surface area contributed by atoms with Gasteiger partial charge in [-0.25, -0.2) is 0 Å². The van der Waals surface area contributed by atoms with E-state index in [0.717, 1.165) is 17.8 Å². The van der Waals surface area contributed by atoms with Crippen LogP contribution in [0.2, 0.25) is 0 Å². The van der Waals surface area contributed by atoms with Gasteiger partial charge >= 0.3 is 0 Å². The first-order chi connectivity index (χ1) is 25.0. The number of hydrogen-bond donors (Lipinski definition) is 0. The molecule has 0 saturated heterocycles. The Bertz CT molecular complexity index is 2240. The lowest BCUT2D eigenvalue weighted by Crippen LogP contribution is -2.18. The summed E-state index contributed by atoms with van der Waals surface area (Å²) in [6, 6.07) is 49.2. The van der Waals surface area contributed by atoms with Crippen LogP contribution in [0.3, 0.4) is 0 Å². The summed E-state index contributed by atoms with van der Waals surface area (Å²) in [4.78, 5) is 2.65. The second-order valence-electron chi connectivity index (χ2n) is 16.8. The van der Waals surface area contributed by atoms with E-state index in [0.29, 0.717) is 5.92 Å². The third-order valence-electron chi connectivity index (χ3n) is 13.5. The molecule has 6 aromatic carbocycles. The van der Waals surface area contributed by atoms with E-state index in [2.05, 4.69) is 146 Å². The molecule has 1 nitrogen and oxygen atoms in total. The summed E-state index contributed by atoms with van der Waals surface area (Å²) in [6.07, 6.45) is 12.2. The first kappa shape index (κ1) is 31.1. The van der Waals surface area contributed by atoms with Crippen LogP contribution in [0.15, 0.2) is 127 Å². The molecular formula is C50H49N. The highest BCUT2D eigenvalue weighted by atomic mass is 15.1. The predicted octanol–water partition coefficient (Wildman–Crippen LogP) is 14.2. The van der Waals surface area contributed by atoms with Crippen LogP contribution in [0.1, 0.15) is 106 Å². The molecule has 0 spiro atoms. The quantitative estimate of drug-likeness (QED) is 0.171. The van der Waals surface area contributed by atoms with Crippen molar-refractivity contribution in [1.82, 2.24) is 0 Å². The van der Waals surface area contributed by atoms with Crippen molar-refractivity contribution in [3.63, 3.8) is 0 Å². The summed E-state index contributed by atoms with van der Waals surface area (Å²) in [5.41, 5.74) is 15.0. The lowest BCUT2D eigenvalue weighted by Gasteiger charge is -2.34. The van der Waals surface area contributed by atoms with Gasteiger partial charge in [-0.3, -0.25) is 0 Å². The van der Waals surface area contributed by atoms with Crippen LogP contribution in [0.5, 0.6) is 0 Å². The number of hydrogen-bond acceptors (Lipinski definition) is 1. The molecule has 0 radical (unpaired) electrons. The second-order valence-corrected chi connectivity index (χ2v) is 16.8. The summed E-state index contributed by atoms with van der Waals surface area (Å²) in [5, 5.41) is 2.66. The molecule has 4 aliphatic rings. The van der Waals surface area contributed by atoms with Crippen LogP contribution in [-0.4, -0.2) is 0 Å². The van der Waals surface area contributed by atoms with Crippen molar-refractivity contribution in [2.75, 3.05) is 4.90 Å². The highest BCUT2D eigenvalue weighted by Crippen LogP contribution is 2.56. The van der Waals surface area contributed by atoms with Crippen LogP contribution in [0.25, 0.3) is 33.0 Å². The molecule has 254 valence electrons. The molecule has 4 aliphatic carbocycles. The Hall–Kier alpha value is -4.62. The van der Waals surface area contributed by atoms with Gasteiger partial charge in [-0.2, -0.15) is 0 Å². The third-order valence-corrected chi connectivity index (χ3v) is 13.5. The lowest BCUT2D eigenvalue weighted by atomic mass is 9.81. The average Bonchev–Trinajstić information content (AvgIpc) is 3.88. The van der Waals surface area contributed by atoms with E-state index >= 15 is 0 Å². The van der Waals surface area contributed by atoms with Crippen molar-refractivity contribution < 1.29 is 0 Å². The van der Waals surface area contributed by atoms with Crippen molar-refractivity contribution in [1.29, 1.82) is 0 Å². The zero-order valence-electron chi connectivity index (χ0n) is 30.2. The van der Waals surface area contributed by atoms with Crippen LogP contribution < -0.4 is 4.90 Å². The second kappa shape index (κ2) is 12.3. The summed E-state index contributed by atoms with van der Waals surface area (Å²) in [7, 11) is 0. The van der Waals surface area contributed by atoms with Crippen molar-refractivity contribution in [3.8, 4) is 22.3 Å². The number of anilines is 3. The summed E-state index contributed by atoms with van der Waals surface area (Å²) in [6.45, 7) is 4.85. The Kier molecular flexibility index (Phi) is 7.49. The first-order valence-electron chi connectivity index (χ1n) is 19.8. The molecule has 3 fully saturated rings. The molecule has 0 aromatic heterocycles. The van der Waals surface area contributed by atoms with Gasteiger partial charge in [0.25, 0.3) is 0 Å². The van der Waals surface area contributed by atoms with Gasteiger partial charge in [-0.1, -0.05) is 131 Å². The van der Waals surface area contributed by atoms with Crippen LogP contribution in [-0.2, 0) is 5.41 Å². The fourth-order valence-corrected chi connectivity index (χ4v) is 10.9. The fraction of sp³-hybridized carbons (Fsp3) is 0.320. The maximum absolute atomic E-state index is 2.65. The Morgan fingerprint density at radius 2 is 1.29 bits per heavy atom. The van der Waals surface area contributed by atoms with Crippen molar-refractivity contribution in [2.45, 2.75) is 88.9 Å². The van der Waals surface area contributed by atoms with E-state index in [-0.39, 0.29) is 5.41 Å². The van der Waals surface area contributed by atoms with E-state index in [1.807, 2.05) is 0 Å². The topological polar surface area (TPSA) is 3.24 Å². The van der Waals surface area contributed by atoms with Gasteiger partial charge in [0.15, 0.2) is 0 Å². The Balaban J connectivity index is 1.22. The molecule has 6 aromatic rings. The van der Waals surface area contributed by atoms with Crippen LogP contribution in [0.4, 0.5) is 17.1 Å². The van der Waals surface area contributed by atoms with Gasteiger partial charge in [-0.05, 0) is 147 Å². The van der Waals surface area contributed by atoms with Gasteiger partial charge in [-0.15, -0.1) is 0 Å². The molecule has 10 rings (SSSR count). The SMILES string of the molecule is CC1(C)c2ccccc2-c2c(-c3ccccc3)cc(N(c3ccc(C4CC5CCC4C5)cc3)c3cc4ccccc4cc3C3CCCCC3)cc21. The lowest BCUT2D eigenvalue weighted by molar-refractivity contribution is 0.420. The minimum atomic E-state index is -0.113. The highest BCUT2D eigenvalue weighted by molar-refractivity contribution is 5.97. The van der Waals surface area contributed by atoms with Crippen LogP contribution >= 0.6 is 0 Å². The zero-order valence-corrected chi connectivity index (χ0v) is 30.2. The fourth-order valence-electron chi connectivity index (χ4n) is 10.9. The Labute approximate surface area is 304 Å². The molecule has 3 saturated carbocycles. The smallest absolute Gasteiger partial charge is 0.0502 e. The number of rotatable bonds is 6. The van der Waals surface area contributed by atoms with Gasteiger partial charge in [0.2, 0.25) is 0 Å². The number of nitrogens with zero attached hydrogens (tertiary/aromatic N) is 1. The van der Waals surface area contributed by atoms with Crippen molar-refractivity contribution >= 4 is 27.8 Å². The van der Waals surface area contributed by atoms with E-state index < -0.39 is 0 Å². The standard InChI is InChI=1S/C50H49N/c1-50(2)46-20-12-11-19-42(46)49-45(35-15-7-4-8-16-35)31-41(32-47(49)50)51(40-25-23-36(24-26-40)43-28-33-21-22-39(43)27-33)48-30-38-18-10-9-17-37(38)29-44(48)34-13-5-3-6-14-34/h4,7-12,15-20,23-26,29-34,39,43H,3,5-6,13-14,21-22,27-28H2,1-2H3. The zero-order chi connectivity index (χ0) is 34.1. The molecule has 3 atom stereocenters. The Morgan fingerprint density at radius 3 is 2.04 bits per heavy atom. The highest BCUT2D eigenvalue weighted by Gasteiger charge is 2.41. The van der Waals surface area contributed by atoms with E-state index in [1.54, 1.807) is 5.56 Å². The molecule has 0 N–H and O–H groups in total. The number of fused-ring (bicyclic) bond motifs is 6. The molecule has 1 heteroatoms. The molecule has 2 bridgehead atoms. The average molecular weight is 664 g/mol. The van der Waals surface area contributed by atoms with Crippen molar-refractivity contribution in [3.05, 3.63) is 150 Å². The minimum Gasteiger partial charge on any atom is -0.310 e. The van der Waals surface area contributed by atoms with Gasteiger partial charge < -0.3 is 4.90 Å². The molecule has 51 heavy (non-hydrogen) atoms. The first-order valence-corrected chi connectivity index (χ1v) is 19.8. The third kappa shape index (κ3) is 5.18. The van der Waals surface area contributed by atoms with Gasteiger partial charge in [0, 0.05) is 16.8 Å². The van der Waals surface area contributed by atoms with Gasteiger partial charge in [0.05, 0.1) is 5.69 Å². The largest absolute Gasteiger partial charge is 0.310 e. The molecule has 3 unspecified atom stereocenters. The number of benzene rings is 6. The monoisotopic (exact) mass is 663 g/mol. The minimum absolute atomic E-state index is 0.113. The van der Waals surface area contributed by atoms with E-state index in [4.69, 9.17) is 0 Å². The van der Waals surface area contributed by atoms with E-state index in [9.17, 15) is 0 Å². The predicted molar refractivity (Wildman–Crippen MR) is 216 cm³/mol.